The van der Waals surface area contributed by atoms with Gasteiger partial charge in [-0.3, -0.25) is 4.79 Å². The Labute approximate surface area is 139 Å². The van der Waals surface area contributed by atoms with Crippen LogP contribution >= 0.6 is 0 Å². The molecule has 0 bridgehead atoms. The lowest BCUT2D eigenvalue weighted by molar-refractivity contribution is -0.117. The minimum Gasteiger partial charge on any atom is -0.485 e. The van der Waals surface area contributed by atoms with E-state index in [1.807, 2.05) is 36.7 Å². The average Bonchev–Trinajstić information content (AvgIpc) is 3.09. The lowest BCUT2D eigenvalue weighted by Crippen LogP contribution is -2.31. The Morgan fingerprint density at radius 1 is 1.21 bits per heavy atom. The van der Waals surface area contributed by atoms with Crippen LogP contribution in [0.15, 0.2) is 48.3 Å². The van der Waals surface area contributed by atoms with Crippen LogP contribution in [0.2, 0.25) is 0 Å². The van der Waals surface area contributed by atoms with E-state index in [0.717, 1.165) is 51.9 Å². The summed E-state index contributed by atoms with van der Waals surface area (Å²) < 4.78 is 6.06. The summed E-state index contributed by atoms with van der Waals surface area (Å²) >= 11 is 0. The summed E-state index contributed by atoms with van der Waals surface area (Å²) in [6.45, 7) is 0. The highest BCUT2D eigenvalue weighted by atomic mass is 16.5. The molecule has 2 aliphatic rings. The number of Topliss-reactive ketones (excluding diaryl/α,β-unsaturated/α-hetero) is 1. The lowest BCUT2D eigenvalue weighted by atomic mass is 9.87. The van der Waals surface area contributed by atoms with Crippen LogP contribution in [0, 0.1) is 0 Å². The van der Waals surface area contributed by atoms with Gasteiger partial charge in [-0.15, -0.1) is 0 Å². The van der Waals surface area contributed by atoms with Gasteiger partial charge in [0.2, 0.25) is 0 Å². The first-order chi connectivity index (χ1) is 11.8. The fourth-order valence-electron chi connectivity index (χ4n) is 3.69. The van der Waals surface area contributed by atoms with Gasteiger partial charge in [-0.25, -0.2) is 4.98 Å². The predicted octanol–water partition coefficient (Wildman–Crippen LogP) is 4.13. The molecule has 3 aromatic rings. The second-order valence-electron chi connectivity index (χ2n) is 6.37. The third-order valence-electron chi connectivity index (χ3n) is 4.90. The van der Waals surface area contributed by atoms with Crippen molar-refractivity contribution in [2.45, 2.75) is 25.4 Å². The number of ketones is 1. The smallest absolute Gasteiger partial charge is 0.162 e. The second kappa shape index (κ2) is 5.06. The predicted molar refractivity (Wildman–Crippen MR) is 92.8 cm³/mol. The number of benzene rings is 1. The standard InChI is InChI=1S/C20H16N2O2/c23-17-2-1-3-19-16(17)11-13-10-12(4-5-18(13)24-19)14-6-8-21-20-15(14)7-9-22-20/h4-11,19H,1-3H2,(H,21,22). The van der Waals surface area contributed by atoms with E-state index in [1.165, 1.54) is 0 Å². The largest absolute Gasteiger partial charge is 0.485 e. The first-order valence-electron chi connectivity index (χ1n) is 8.27. The molecule has 1 fully saturated rings. The van der Waals surface area contributed by atoms with E-state index < -0.39 is 0 Å². The van der Waals surface area contributed by atoms with Gasteiger partial charge in [0.05, 0.1) is 0 Å². The molecule has 1 atom stereocenters. The number of nitrogens with zero attached hydrogens (tertiary/aromatic N) is 1. The summed E-state index contributed by atoms with van der Waals surface area (Å²) in [5.74, 6) is 1.08. The van der Waals surface area contributed by atoms with Crippen molar-refractivity contribution in [1.82, 2.24) is 9.97 Å². The van der Waals surface area contributed by atoms with Crippen molar-refractivity contribution >= 4 is 22.9 Å². The topological polar surface area (TPSA) is 55.0 Å². The van der Waals surface area contributed by atoms with Gasteiger partial charge in [-0.05, 0) is 54.3 Å². The molecule has 0 radical (unpaired) electrons. The van der Waals surface area contributed by atoms with Crippen molar-refractivity contribution in [2.75, 3.05) is 0 Å². The van der Waals surface area contributed by atoms with Crippen LogP contribution in [-0.4, -0.2) is 21.9 Å². The molecule has 1 saturated carbocycles. The first-order valence-corrected chi connectivity index (χ1v) is 8.27. The Balaban J connectivity index is 1.64. The summed E-state index contributed by atoms with van der Waals surface area (Å²) in [5.41, 5.74) is 4.91. The van der Waals surface area contributed by atoms with Gasteiger partial charge in [0.15, 0.2) is 5.78 Å². The average molecular weight is 316 g/mol. The highest BCUT2D eigenvalue weighted by molar-refractivity contribution is 6.02. The maximum absolute atomic E-state index is 12.2. The molecule has 5 rings (SSSR count). The van der Waals surface area contributed by atoms with Crippen molar-refractivity contribution in [3.63, 3.8) is 0 Å². The quantitative estimate of drug-likeness (QED) is 0.734. The summed E-state index contributed by atoms with van der Waals surface area (Å²) in [6, 6.07) is 10.2. The van der Waals surface area contributed by atoms with E-state index in [1.54, 1.807) is 0 Å². The normalized spacial score (nSPS) is 19.4. The molecule has 1 aliphatic heterocycles. The van der Waals surface area contributed by atoms with Gasteiger partial charge in [-0.2, -0.15) is 0 Å². The van der Waals surface area contributed by atoms with Crippen LogP contribution < -0.4 is 4.74 Å². The SMILES string of the molecule is O=C1CCCC2Oc3ccc(-c4ccnc5[nH]ccc45)cc3C=C12. The fraction of sp³-hybridized carbons (Fsp3) is 0.200. The summed E-state index contributed by atoms with van der Waals surface area (Å²) in [7, 11) is 0. The molecule has 1 unspecified atom stereocenters. The van der Waals surface area contributed by atoms with E-state index in [2.05, 4.69) is 22.1 Å². The van der Waals surface area contributed by atoms with E-state index >= 15 is 0 Å². The second-order valence-corrected chi connectivity index (χ2v) is 6.37. The van der Waals surface area contributed by atoms with Gasteiger partial charge >= 0.3 is 0 Å². The monoisotopic (exact) mass is 316 g/mol. The van der Waals surface area contributed by atoms with Gasteiger partial charge in [0.1, 0.15) is 17.5 Å². The number of hydrogen-bond donors (Lipinski definition) is 1. The van der Waals surface area contributed by atoms with Crippen LogP contribution in [0.5, 0.6) is 5.75 Å². The number of pyridine rings is 1. The summed E-state index contributed by atoms with van der Waals surface area (Å²) in [5, 5.41) is 1.09. The number of aromatic nitrogens is 2. The molecule has 0 amide bonds. The number of carbonyl (C=O) groups excluding carboxylic acids is 1. The lowest BCUT2D eigenvalue weighted by Gasteiger charge is -2.30. The number of ether oxygens (including phenoxy) is 1. The minimum absolute atomic E-state index is 0.0677. The van der Waals surface area contributed by atoms with Crippen molar-refractivity contribution < 1.29 is 9.53 Å². The first kappa shape index (κ1) is 13.5. The number of H-pyrrole nitrogens is 1. The van der Waals surface area contributed by atoms with Gasteiger partial charge < -0.3 is 9.72 Å². The third-order valence-corrected chi connectivity index (χ3v) is 4.90. The van der Waals surface area contributed by atoms with E-state index in [4.69, 9.17) is 4.74 Å². The van der Waals surface area contributed by atoms with Gasteiger partial charge in [0, 0.05) is 35.3 Å². The van der Waals surface area contributed by atoms with Crippen molar-refractivity contribution in [3.8, 4) is 16.9 Å². The molecule has 118 valence electrons. The number of fused-ring (bicyclic) bond motifs is 3. The van der Waals surface area contributed by atoms with Gasteiger partial charge in [-0.1, -0.05) is 6.07 Å². The van der Waals surface area contributed by atoms with Crippen LogP contribution in [-0.2, 0) is 4.79 Å². The molecule has 24 heavy (non-hydrogen) atoms. The molecular weight excluding hydrogens is 300 g/mol. The van der Waals surface area contributed by atoms with E-state index in [0.29, 0.717) is 6.42 Å². The van der Waals surface area contributed by atoms with E-state index in [9.17, 15) is 4.79 Å². The molecule has 2 aromatic heterocycles. The molecule has 4 nitrogen and oxygen atoms in total. The maximum Gasteiger partial charge on any atom is 0.162 e. The Bertz CT molecular complexity index is 1000. The summed E-state index contributed by atoms with van der Waals surface area (Å²) in [4.78, 5) is 19.7. The van der Waals surface area contributed by atoms with Crippen molar-refractivity contribution in [1.29, 1.82) is 0 Å². The van der Waals surface area contributed by atoms with Crippen molar-refractivity contribution in [3.05, 3.63) is 53.9 Å². The zero-order chi connectivity index (χ0) is 16.1. The van der Waals surface area contributed by atoms with E-state index in [-0.39, 0.29) is 11.9 Å². The molecule has 0 saturated heterocycles. The Kier molecular flexibility index (Phi) is 2.86. The maximum atomic E-state index is 12.2. The minimum atomic E-state index is -0.0677. The Morgan fingerprint density at radius 3 is 3.12 bits per heavy atom. The summed E-state index contributed by atoms with van der Waals surface area (Å²) in [6.07, 6.45) is 8.13. The Morgan fingerprint density at radius 2 is 2.17 bits per heavy atom. The molecule has 3 heterocycles. The van der Waals surface area contributed by atoms with Crippen LogP contribution in [0.25, 0.3) is 28.2 Å². The molecule has 1 N–H and O–H groups in total. The highest BCUT2D eigenvalue weighted by Gasteiger charge is 2.30. The third kappa shape index (κ3) is 1.99. The molecule has 1 aromatic carbocycles. The fourth-order valence-corrected chi connectivity index (χ4v) is 3.69. The van der Waals surface area contributed by atoms with Crippen LogP contribution in [0.4, 0.5) is 0 Å². The number of carbonyl (C=O) groups is 1. The Hall–Kier alpha value is -2.88. The highest BCUT2D eigenvalue weighted by Crippen LogP contribution is 2.38. The molecule has 4 heteroatoms. The van der Waals surface area contributed by atoms with Crippen LogP contribution in [0.1, 0.15) is 24.8 Å². The molecule has 1 aliphatic carbocycles. The number of rotatable bonds is 1. The van der Waals surface area contributed by atoms with Crippen LogP contribution in [0.3, 0.4) is 0 Å². The number of nitrogens with one attached hydrogen (secondary N) is 1. The van der Waals surface area contributed by atoms with Crippen molar-refractivity contribution in [2.24, 2.45) is 0 Å². The van der Waals surface area contributed by atoms with Gasteiger partial charge in [0.25, 0.3) is 0 Å². The molecule has 0 spiro atoms. The number of hydrogen-bond acceptors (Lipinski definition) is 3. The molecular formula is C20H16N2O2. The number of aromatic amines is 1. The zero-order valence-electron chi connectivity index (χ0n) is 13.1. The zero-order valence-corrected chi connectivity index (χ0v) is 13.1.